The molecule has 2 rings (SSSR count). The molecule has 0 amide bonds. The van der Waals surface area contributed by atoms with Crippen LogP contribution in [0.15, 0.2) is 11.6 Å². The first-order valence-electron chi connectivity index (χ1n) is 6.94. The van der Waals surface area contributed by atoms with Gasteiger partial charge in [-0.15, -0.1) is 0 Å². The van der Waals surface area contributed by atoms with Gasteiger partial charge in [0.05, 0.1) is 13.2 Å². The highest BCUT2D eigenvalue weighted by Gasteiger charge is 2.49. The second-order valence-electron chi connectivity index (χ2n) is 6.08. The Hall–Kier alpha value is -0.830. The fraction of sp³-hybridized carbons (Fsp3) is 0.800. The average molecular weight is 252 g/mol. The van der Waals surface area contributed by atoms with E-state index < -0.39 is 0 Å². The van der Waals surface area contributed by atoms with E-state index in [2.05, 4.69) is 6.92 Å². The maximum absolute atomic E-state index is 11.4. The van der Waals surface area contributed by atoms with Crippen molar-refractivity contribution >= 4 is 5.97 Å². The van der Waals surface area contributed by atoms with Gasteiger partial charge in [0.1, 0.15) is 0 Å². The number of esters is 1. The van der Waals surface area contributed by atoms with E-state index in [0.717, 1.165) is 31.3 Å². The Labute approximate surface area is 109 Å². The Morgan fingerprint density at radius 1 is 1.56 bits per heavy atom. The molecule has 0 saturated heterocycles. The van der Waals surface area contributed by atoms with Gasteiger partial charge in [0.15, 0.2) is 0 Å². The number of carbonyl (C=O) groups is 1. The lowest BCUT2D eigenvalue weighted by Crippen LogP contribution is -2.49. The molecule has 102 valence electrons. The Bertz CT molecular complexity index is 359. The zero-order valence-corrected chi connectivity index (χ0v) is 11.6. The fourth-order valence-corrected chi connectivity index (χ4v) is 3.82. The van der Waals surface area contributed by atoms with Gasteiger partial charge < -0.3 is 9.84 Å². The molecular weight excluding hydrogens is 228 g/mol. The maximum atomic E-state index is 11.4. The average Bonchev–Trinajstić information content (AvgIpc) is 2.35. The third-order valence-electron chi connectivity index (χ3n) is 5.21. The summed E-state index contributed by atoms with van der Waals surface area (Å²) in [7, 11) is 1.44. The van der Waals surface area contributed by atoms with Gasteiger partial charge in [0, 0.05) is 5.57 Å². The maximum Gasteiger partial charge on any atom is 0.333 e. The number of hydrogen-bond donors (Lipinski definition) is 1. The molecule has 18 heavy (non-hydrogen) atoms. The van der Waals surface area contributed by atoms with Gasteiger partial charge in [-0.05, 0) is 56.3 Å². The molecule has 2 aliphatic rings. The van der Waals surface area contributed by atoms with Crippen molar-refractivity contribution in [2.45, 2.75) is 52.1 Å². The molecule has 2 unspecified atom stereocenters. The number of methoxy groups -OCH3 is 1. The van der Waals surface area contributed by atoms with E-state index in [9.17, 15) is 9.90 Å². The number of aliphatic hydroxyl groups excluding tert-OH is 1. The molecule has 3 nitrogen and oxygen atoms in total. The van der Waals surface area contributed by atoms with Crippen LogP contribution in [0.5, 0.6) is 0 Å². The molecule has 0 bridgehead atoms. The van der Waals surface area contributed by atoms with Crippen LogP contribution in [0.4, 0.5) is 0 Å². The van der Waals surface area contributed by atoms with E-state index in [4.69, 9.17) is 4.74 Å². The van der Waals surface area contributed by atoms with E-state index in [1.54, 1.807) is 0 Å². The van der Waals surface area contributed by atoms with Gasteiger partial charge in [-0.25, -0.2) is 4.79 Å². The number of aliphatic hydroxyl groups is 1. The van der Waals surface area contributed by atoms with Crippen LogP contribution < -0.4 is 0 Å². The number of allylic oxidation sites excluding steroid dienone is 1. The fourth-order valence-electron chi connectivity index (χ4n) is 3.82. The van der Waals surface area contributed by atoms with Gasteiger partial charge in [0.25, 0.3) is 0 Å². The van der Waals surface area contributed by atoms with Crippen molar-refractivity contribution in [2.75, 3.05) is 7.11 Å². The Kier molecular flexibility index (Phi) is 3.81. The van der Waals surface area contributed by atoms with Crippen LogP contribution in [0.1, 0.15) is 46.0 Å². The summed E-state index contributed by atoms with van der Waals surface area (Å²) in [5.74, 6) is 0.842. The summed E-state index contributed by atoms with van der Waals surface area (Å²) in [5, 5.41) is 9.83. The van der Waals surface area contributed by atoms with E-state index in [0.29, 0.717) is 11.8 Å². The third kappa shape index (κ3) is 2.20. The largest absolute Gasteiger partial charge is 0.466 e. The van der Waals surface area contributed by atoms with Crippen molar-refractivity contribution in [1.29, 1.82) is 0 Å². The predicted molar refractivity (Wildman–Crippen MR) is 70.0 cm³/mol. The van der Waals surface area contributed by atoms with E-state index in [1.807, 2.05) is 13.0 Å². The lowest BCUT2D eigenvalue weighted by Gasteiger charge is -2.54. The van der Waals surface area contributed by atoms with Gasteiger partial charge in [-0.3, -0.25) is 0 Å². The van der Waals surface area contributed by atoms with Gasteiger partial charge >= 0.3 is 5.97 Å². The molecule has 2 aliphatic carbocycles. The molecule has 0 aromatic heterocycles. The highest BCUT2D eigenvalue weighted by atomic mass is 16.5. The molecule has 1 saturated carbocycles. The number of rotatable bonds is 3. The first-order chi connectivity index (χ1) is 8.49. The van der Waals surface area contributed by atoms with Crippen molar-refractivity contribution in [3.63, 3.8) is 0 Å². The molecular formula is C15H24O3. The van der Waals surface area contributed by atoms with Crippen LogP contribution in [-0.2, 0) is 9.53 Å². The lowest BCUT2D eigenvalue weighted by molar-refractivity contribution is -0.136. The van der Waals surface area contributed by atoms with E-state index in [-0.39, 0.29) is 17.5 Å². The van der Waals surface area contributed by atoms with Gasteiger partial charge in [-0.1, -0.05) is 13.0 Å². The second kappa shape index (κ2) is 5.04. The van der Waals surface area contributed by atoms with E-state index >= 15 is 0 Å². The minimum Gasteiger partial charge on any atom is -0.466 e. The van der Waals surface area contributed by atoms with Crippen molar-refractivity contribution < 1.29 is 14.6 Å². The van der Waals surface area contributed by atoms with E-state index in [1.165, 1.54) is 13.5 Å². The molecule has 1 N–H and O–H groups in total. The van der Waals surface area contributed by atoms with Crippen molar-refractivity contribution in [3.05, 3.63) is 11.6 Å². The standard InChI is InChI=1S/C15H24O3/c1-10(16)13-8-9-15(13,2)12-6-4-11(5-7-12)14(17)18-3/h4,10,12-13,16H,5-9H2,1-3H3/t10?,12?,13-,15+/m0/s1. The van der Waals surface area contributed by atoms with Crippen LogP contribution in [-0.4, -0.2) is 24.3 Å². The molecule has 3 heteroatoms. The van der Waals surface area contributed by atoms with Crippen LogP contribution in [0.2, 0.25) is 0 Å². The Morgan fingerprint density at radius 3 is 2.67 bits per heavy atom. The van der Waals surface area contributed by atoms with Crippen LogP contribution in [0.25, 0.3) is 0 Å². The quantitative estimate of drug-likeness (QED) is 0.785. The van der Waals surface area contributed by atoms with Crippen LogP contribution in [0, 0.1) is 17.3 Å². The number of hydrogen-bond acceptors (Lipinski definition) is 3. The van der Waals surface area contributed by atoms with Crippen molar-refractivity contribution in [1.82, 2.24) is 0 Å². The number of ether oxygens (including phenoxy) is 1. The Morgan fingerprint density at radius 2 is 2.28 bits per heavy atom. The molecule has 0 aromatic carbocycles. The first kappa shape index (κ1) is 13.6. The van der Waals surface area contributed by atoms with Gasteiger partial charge in [-0.2, -0.15) is 0 Å². The molecule has 0 heterocycles. The number of carbonyl (C=O) groups excluding carboxylic acids is 1. The molecule has 1 fully saturated rings. The summed E-state index contributed by atoms with van der Waals surface area (Å²) in [6.45, 7) is 4.20. The third-order valence-corrected chi connectivity index (χ3v) is 5.21. The molecule has 0 radical (unpaired) electrons. The topological polar surface area (TPSA) is 46.5 Å². The summed E-state index contributed by atoms with van der Waals surface area (Å²) in [6, 6.07) is 0. The van der Waals surface area contributed by atoms with Gasteiger partial charge in [0.2, 0.25) is 0 Å². The summed E-state index contributed by atoms with van der Waals surface area (Å²) < 4.78 is 4.76. The predicted octanol–water partition coefficient (Wildman–Crippen LogP) is 2.68. The Balaban J connectivity index is 2.01. The first-order valence-corrected chi connectivity index (χ1v) is 6.94. The monoisotopic (exact) mass is 252 g/mol. The van der Waals surface area contributed by atoms with Crippen molar-refractivity contribution in [3.8, 4) is 0 Å². The minimum absolute atomic E-state index is 0.181. The SMILES string of the molecule is COC(=O)C1=CCC([C@@]2(C)CC[C@H]2C(C)O)CC1. The summed E-state index contributed by atoms with van der Waals surface area (Å²) in [5.41, 5.74) is 1.08. The second-order valence-corrected chi connectivity index (χ2v) is 6.08. The lowest BCUT2D eigenvalue weighted by atomic mass is 9.51. The normalized spacial score (nSPS) is 37.4. The van der Waals surface area contributed by atoms with Crippen molar-refractivity contribution in [2.24, 2.45) is 17.3 Å². The molecule has 0 spiro atoms. The zero-order valence-electron chi connectivity index (χ0n) is 11.6. The summed E-state index contributed by atoms with van der Waals surface area (Å²) in [4.78, 5) is 11.4. The molecule has 0 aromatic rings. The summed E-state index contributed by atoms with van der Waals surface area (Å²) >= 11 is 0. The van der Waals surface area contributed by atoms with Crippen LogP contribution in [0.3, 0.4) is 0 Å². The highest BCUT2D eigenvalue weighted by molar-refractivity contribution is 5.88. The summed E-state index contributed by atoms with van der Waals surface area (Å²) in [6.07, 6.45) is 6.98. The zero-order chi connectivity index (χ0) is 13.3. The van der Waals surface area contributed by atoms with Crippen LogP contribution >= 0.6 is 0 Å². The highest BCUT2D eigenvalue weighted by Crippen LogP contribution is 2.56. The smallest absolute Gasteiger partial charge is 0.333 e. The minimum atomic E-state index is -0.213. The molecule has 4 atom stereocenters. The molecule has 0 aliphatic heterocycles.